The number of nitrogens with one attached hydrogen (secondary N) is 1. The van der Waals surface area contributed by atoms with Crippen LogP contribution in [0.2, 0.25) is 0 Å². The molecule has 2 heterocycles. The van der Waals surface area contributed by atoms with Crippen molar-refractivity contribution in [2.45, 2.75) is 25.2 Å². The molecular formula is C15H17BrN3O4S+. The fraction of sp³-hybridized carbons (Fsp3) is 0.400. The lowest BCUT2D eigenvalue weighted by molar-refractivity contribution is -0.928. The first-order valence-electron chi connectivity index (χ1n) is 7.42. The number of esters is 1. The van der Waals surface area contributed by atoms with Crippen LogP contribution in [0.4, 0.5) is 0 Å². The van der Waals surface area contributed by atoms with Crippen molar-refractivity contribution in [2.24, 2.45) is 0 Å². The van der Waals surface area contributed by atoms with E-state index in [1.807, 2.05) is 24.3 Å². The number of hydrogen-bond donors (Lipinski definition) is 2. The van der Waals surface area contributed by atoms with E-state index in [4.69, 9.17) is 21.4 Å². The molecule has 3 rings (SSSR count). The molecule has 1 saturated heterocycles. The third kappa shape index (κ3) is 3.59. The Morgan fingerprint density at radius 1 is 1.62 bits per heavy atom. The number of carbonyl (C=O) groups is 1. The van der Waals surface area contributed by atoms with Crippen molar-refractivity contribution in [3.63, 3.8) is 0 Å². The number of aliphatic hydroxyl groups is 1. The van der Waals surface area contributed by atoms with Gasteiger partial charge in [-0.2, -0.15) is 4.68 Å². The lowest BCUT2D eigenvalue weighted by Crippen LogP contribution is -3.14. The van der Waals surface area contributed by atoms with Crippen LogP contribution in [0.15, 0.2) is 33.2 Å². The summed E-state index contributed by atoms with van der Waals surface area (Å²) >= 11 is 8.64. The van der Waals surface area contributed by atoms with Gasteiger partial charge in [-0.15, -0.1) is 5.10 Å². The van der Waals surface area contributed by atoms with E-state index >= 15 is 0 Å². The molecule has 128 valence electrons. The Kier molecular flexibility index (Phi) is 5.14. The number of benzene rings is 1. The number of likely N-dealkylation sites (tertiary alicyclic amines) is 1. The number of hydrogen-bond acceptors (Lipinski definition) is 6. The number of nitrogens with zero attached hydrogens (tertiary/aromatic N) is 2. The van der Waals surface area contributed by atoms with E-state index in [2.05, 4.69) is 21.0 Å². The molecule has 1 fully saturated rings. The lowest BCUT2D eigenvalue weighted by atomic mass is 10.2. The Labute approximate surface area is 152 Å². The molecule has 24 heavy (non-hydrogen) atoms. The van der Waals surface area contributed by atoms with Gasteiger partial charge >= 0.3 is 5.97 Å². The van der Waals surface area contributed by atoms with Crippen molar-refractivity contribution >= 4 is 34.1 Å². The van der Waals surface area contributed by atoms with Gasteiger partial charge in [-0.05, 0) is 30.4 Å². The first-order valence-corrected chi connectivity index (χ1v) is 8.62. The molecule has 0 aliphatic carbocycles. The quantitative estimate of drug-likeness (QED) is 0.568. The van der Waals surface area contributed by atoms with Gasteiger partial charge in [-0.3, -0.25) is 0 Å². The zero-order valence-corrected chi connectivity index (χ0v) is 15.3. The molecule has 1 aromatic heterocycles. The Morgan fingerprint density at radius 3 is 3.12 bits per heavy atom. The zero-order valence-electron chi connectivity index (χ0n) is 12.9. The van der Waals surface area contributed by atoms with Crippen LogP contribution in [-0.2, 0) is 16.2 Å². The summed E-state index contributed by atoms with van der Waals surface area (Å²) in [6.45, 7) is 0.758. The molecule has 1 aliphatic heterocycles. The molecule has 0 saturated carbocycles. The number of aliphatic hydroxyl groups excluding tert-OH is 1. The van der Waals surface area contributed by atoms with Crippen molar-refractivity contribution < 1.29 is 24.0 Å². The third-order valence-corrected chi connectivity index (χ3v) is 4.80. The van der Waals surface area contributed by atoms with Gasteiger partial charge in [0.25, 0.3) is 4.84 Å². The Balaban J connectivity index is 1.83. The van der Waals surface area contributed by atoms with Gasteiger partial charge in [0.2, 0.25) is 5.89 Å². The number of ether oxygens (including phenoxy) is 1. The molecule has 0 spiro atoms. The van der Waals surface area contributed by atoms with Gasteiger partial charge in [0.1, 0.15) is 12.6 Å². The molecule has 3 atom stereocenters. The maximum Gasteiger partial charge on any atom is 0.364 e. The van der Waals surface area contributed by atoms with Gasteiger partial charge in [0, 0.05) is 16.5 Å². The molecule has 9 heteroatoms. The fourth-order valence-corrected chi connectivity index (χ4v) is 3.47. The number of carbonyl (C=O) groups excluding carboxylic acids is 1. The minimum atomic E-state index is -0.547. The number of rotatable bonds is 4. The summed E-state index contributed by atoms with van der Waals surface area (Å²) in [7, 11) is 1.35. The summed E-state index contributed by atoms with van der Waals surface area (Å²) in [5.74, 6) is 0.0684. The highest BCUT2D eigenvalue weighted by molar-refractivity contribution is 9.10. The number of halogens is 1. The zero-order chi connectivity index (χ0) is 17.3. The Hall–Kier alpha value is -1.55. The van der Waals surface area contributed by atoms with Crippen LogP contribution in [0.3, 0.4) is 0 Å². The lowest BCUT2D eigenvalue weighted by Gasteiger charge is -2.18. The van der Waals surface area contributed by atoms with Crippen LogP contribution in [0.1, 0.15) is 6.42 Å². The normalized spacial score (nSPS) is 23.4. The summed E-state index contributed by atoms with van der Waals surface area (Å²) in [5, 5.41) is 14.3. The predicted molar refractivity (Wildman–Crippen MR) is 90.7 cm³/mol. The van der Waals surface area contributed by atoms with Gasteiger partial charge in [-0.1, -0.05) is 22.0 Å². The summed E-state index contributed by atoms with van der Waals surface area (Å²) in [6, 6.07) is 7.12. The van der Waals surface area contributed by atoms with E-state index in [-0.39, 0.29) is 10.8 Å². The first kappa shape index (κ1) is 17.3. The Bertz CT molecular complexity index is 806. The molecule has 2 aromatic rings. The van der Waals surface area contributed by atoms with Gasteiger partial charge in [0.05, 0.1) is 7.11 Å². The van der Waals surface area contributed by atoms with Crippen LogP contribution >= 0.6 is 28.1 Å². The first-order chi connectivity index (χ1) is 11.5. The monoisotopic (exact) mass is 414 g/mol. The van der Waals surface area contributed by atoms with E-state index < -0.39 is 12.1 Å². The average Bonchev–Trinajstić information content (AvgIpc) is 3.10. The average molecular weight is 415 g/mol. The van der Waals surface area contributed by atoms with Crippen molar-refractivity contribution in [1.82, 2.24) is 9.78 Å². The molecular weight excluding hydrogens is 398 g/mol. The smallest absolute Gasteiger partial charge is 0.364 e. The molecule has 1 aromatic carbocycles. The van der Waals surface area contributed by atoms with E-state index in [9.17, 15) is 9.90 Å². The second kappa shape index (κ2) is 7.14. The van der Waals surface area contributed by atoms with Gasteiger partial charge in [-0.25, -0.2) is 4.79 Å². The molecule has 7 nitrogen and oxygen atoms in total. The minimum Gasteiger partial charge on any atom is -0.465 e. The minimum absolute atomic E-state index is 0.225. The van der Waals surface area contributed by atoms with Crippen LogP contribution in [-0.4, -0.2) is 46.7 Å². The maximum atomic E-state index is 11.9. The molecule has 0 amide bonds. The van der Waals surface area contributed by atoms with Crippen molar-refractivity contribution in [3.05, 3.63) is 33.6 Å². The highest BCUT2D eigenvalue weighted by Crippen LogP contribution is 2.21. The van der Waals surface area contributed by atoms with E-state index in [1.54, 1.807) is 0 Å². The molecule has 2 N–H and O–H groups in total. The second-order valence-corrected chi connectivity index (χ2v) is 6.93. The highest BCUT2D eigenvalue weighted by Gasteiger charge is 2.41. The highest BCUT2D eigenvalue weighted by atomic mass is 79.9. The van der Waals surface area contributed by atoms with E-state index in [0.717, 1.165) is 14.9 Å². The standard InChI is InChI=1S/C15H16BrN3O4S/c1-22-14(21)12-6-11(20)7-18(12)8-19-15(24)23-13(17-19)9-3-2-4-10(16)5-9/h2-5,11-12,20H,6-8H2,1H3/p+1/t11-,12+/m1/s1. The fourth-order valence-electron chi connectivity index (χ4n) is 2.88. The van der Waals surface area contributed by atoms with Crippen LogP contribution < -0.4 is 4.90 Å². The largest absolute Gasteiger partial charge is 0.465 e. The van der Waals surface area contributed by atoms with Crippen molar-refractivity contribution in [2.75, 3.05) is 13.7 Å². The topological polar surface area (TPSA) is 81.9 Å². The summed E-state index contributed by atoms with van der Waals surface area (Å²) in [4.78, 5) is 12.9. The SMILES string of the molecule is COC(=O)[C@@H]1C[C@@H](O)C[NH+]1Cn1nc(-c2cccc(Br)c2)oc1=S. The van der Waals surface area contributed by atoms with Crippen molar-refractivity contribution in [1.29, 1.82) is 0 Å². The number of quaternary nitrogens is 1. The number of aromatic nitrogens is 2. The molecule has 0 bridgehead atoms. The maximum absolute atomic E-state index is 11.9. The van der Waals surface area contributed by atoms with Crippen LogP contribution in [0.25, 0.3) is 11.5 Å². The van der Waals surface area contributed by atoms with Crippen LogP contribution in [0.5, 0.6) is 0 Å². The van der Waals surface area contributed by atoms with Gasteiger partial charge in [0.15, 0.2) is 12.7 Å². The predicted octanol–water partition coefficient (Wildman–Crippen LogP) is 0.784. The molecule has 1 aliphatic rings. The second-order valence-electron chi connectivity index (χ2n) is 5.67. The molecule has 0 radical (unpaired) electrons. The Morgan fingerprint density at radius 2 is 2.42 bits per heavy atom. The summed E-state index contributed by atoms with van der Waals surface area (Å²) in [5.41, 5.74) is 0.801. The van der Waals surface area contributed by atoms with E-state index in [0.29, 0.717) is 25.5 Å². The van der Waals surface area contributed by atoms with Crippen molar-refractivity contribution in [3.8, 4) is 11.5 Å². The molecule has 1 unspecified atom stereocenters. The van der Waals surface area contributed by atoms with Gasteiger partial charge < -0.3 is 19.2 Å². The van der Waals surface area contributed by atoms with Crippen LogP contribution in [0, 0.1) is 4.84 Å². The summed E-state index contributed by atoms with van der Waals surface area (Å²) < 4.78 is 12.8. The number of methoxy groups -OCH3 is 1. The van der Waals surface area contributed by atoms with E-state index in [1.165, 1.54) is 11.8 Å². The third-order valence-electron chi connectivity index (χ3n) is 4.01. The summed E-state index contributed by atoms with van der Waals surface area (Å²) in [6.07, 6.45) is -0.180.